The number of ether oxygens (including phenoxy) is 2. The Morgan fingerprint density at radius 2 is 1.79 bits per heavy atom. The maximum absolute atomic E-state index is 9.77. The van der Waals surface area contributed by atoms with Gasteiger partial charge in [0.2, 0.25) is 0 Å². The second-order valence-corrected chi connectivity index (χ2v) is 7.54. The summed E-state index contributed by atoms with van der Waals surface area (Å²) in [4.78, 5) is 8.69. The molecule has 1 aliphatic rings. The molecule has 0 bridgehead atoms. The Hall–Kier alpha value is -2.48. The van der Waals surface area contributed by atoms with Gasteiger partial charge in [0, 0.05) is 17.1 Å². The number of nitrogens with one attached hydrogen (secondary N) is 2. The summed E-state index contributed by atoms with van der Waals surface area (Å²) in [5, 5.41) is 17.3. The highest BCUT2D eigenvalue weighted by Crippen LogP contribution is 2.38. The summed E-state index contributed by atoms with van der Waals surface area (Å²) in [5.41, 5.74) is 1.29. The van der Waals surface area contributed by atoms with Gasteiger partial charge >= 0.3 is 0 Å². The molecule has 3 aromatic rings. The van der Waals surface area contributed by atoms with Gasteiger partial charge in [0.05, 0.1) is 22.7 Å². The molecule has 0 aliphatic carbocycles. The molecule has 7 nitrogen and oxygen atoms in total. The number of rotatable bonds is 5. The fourth-order valence-corrected chi connectivity index (χ4v) is 3.77. The lowest BCUT2D eigenvalue weighted by Crippen LogP contribution is -2.34. The van der Waals surface area contributed by atoms with Gasteiger partial charge in [-0.25, -0.2) is 9.97 Å². The van der Waals surface area contributed by atoms with E-state index in [4.69, 9.17) is 32.7 Å². The van der Waals surface area contributed by atoms with E-state index in [1.54, 1.807) is 19.2 Å². The number of benzene rings is 2. The van der Waals surface area contributed by atoms with Gasteiger partial charge in [0.1, 0.15) is 18.2 Å². The second-order valence-electron chi connectivity index (χ2n) is 6.72. The Bertz CT molecular complexity index is 1020. The normalized spacial score (nSPS) is 14.7. The lowest BCUT2D eigenvalue weighted by molar-refractivity contribution is 0.157. The lowest BCUT2D eigenvalue weighted by Gasteiger charge is -2.25. The van der Waals surface area contributed by atoms with Crippen LogP contribution in [-0.2, 0) is 0 Å². The van der Waals surface area contributed by atoms with Gasteiger partial charge in [-0.1, -0.05) is 23.2 Å². The molecule has 1 fully saturated rings. The fraction of sp³-hybridized carbons (Fsp3) is 0.300. The van der Waals surface area contributed by atoms with Crippen LogP contribution >= 0.6 is 23.2 Å². The highest BCUT2D eigenvalue weighted by molar-refractivity contribution is 6.37. The minimum Gasteiger partial charge on any atom is -0.505 e. The van der Waals surface area contributed by atoms with E-state index in [1.165, 1.54) is 6.33 Å². The molecule has 152 valence electrons. The Labute approximate surface area is 178 Å². The number of nitrogens with zero attached hydrogens (tertiary/aromatic N) is 2. The van der Waals surface area contributed by atoms with Crippen LogP contribution in [0.5, 0.6) is 17.2 Å². The van der Waals surface area contributed by atoms with E-state index in [2.05, 4.69) is 20.6 Å². The van der Waals surface area contributed by atoms with Crippen molar-refractivity contribution in [1.82, 2.24) is 15.3 Å². The average molecular weight is 435 g/mol. The summed E-state index contributed by atoms with van der Waals surface area (Å²) in [6, 6.07) is 6.86. The number of phenols is 1. The fourth-order valence-electron chi connectivity index (χ4n) is 3.28. The van der Waals surface area contributed by atoms with Gasteiger partial charge in [-0.3, -0.25) is 0 Å². The topological polar surface area (TPSA) is 88.5 Å². The summed E-state index contributed by atoms with van der Waals surface area (Å²) >= 11 is 12.1. The molecule has 2 heterocycles. The summed E-state index contributed by atoms with van der Waals surface area (Å²) < 4.78 is 11.7. The summed E-state index contributed by atoms with van der Waals surface area (Å²) in [5.74, 6) is 1.67. The first-order valence-electron chi connectivity index (χ1n) is 9.20. The molecule has 0 radical (unpaired) electrons. The van der Waals surface area contributed by atoms with Gasteiger partial charge in [0.25, 0.3) is 0 Å². The third-order valence-electron chi connectivity index (χ3n) is 4.78. The van der Waals surface area contributed by atoms with Crippen LogP contribution < -0.4 is 20.1 Å². The first-order chi connectivity index (χ1) is 14.0. The third-order valence-corrected chi connectivity index (χ3v) is 5.36. The Kier molecular flexibility index (Phi) is 5.80. The number of piperidine rings is 1. The molecule has 0 amide bonds. The van der Waals surface area contributed by atoms with Gasteiger partial charge < -0.3 is 25.2 Å². The molecule has 29 heavy (non-hydrogen) atoms. The number of aromatic hydroxyl groups is 1. The second kappa shape index (κ2) is 8.49. The first kappa shape index (κ1) is 19.8. The van der Waals surface area contributed by atoms with Crippen molar-refractivity contribution in [3.05, 3.63) is 40.6 Å². The standard InChI is InChI=1S/C20H20Cl2N4O3/c1-28-17-9-16-13(8-18(17)29-12-2-4-23-5-3-12)20(25-10-24-16)26-11-6-14(21)19(27)15(22)7-11/h6-10,12,23,27H,2-5H2,1H3,(H,24,25,26). The molecule has 0 saturated carbocycles. The van der Waals surface area contributed by atoms with Crippen LogP contribution in [0.1, 0.15) is 12.8 Å². The van der Waals surface area contributed by atoms with E-state index in [9.17, 15) is 5.11 Å². The average Bonchev–Trinajstić information content (AvgIpc) is 2.72. The number of hydrogen-bond donors (Lipinski definition) is 3. The van der Waals surface area contributed by atoms with Crippen molar-refractivity contribution in [3.63, 3.8) is 0 Å². The predicted octanol–water partition coefficient (Wildman–Crippen LogP) is 4.53. The van der Waals surface area contributed by atoms with Crippen molar-refractivity contribution < 1.29 is 14.6 Å². The van der Waals surface area contributed by atoms with E-state index in [0.717, 1.165) is 31.3 Å². The summed E-state index contributed by atoms with van der Waals surface area (Å²) in [6.07, 6.45) is 3.45. The van der Waals surface area contributed by atoms with Gasteiger partial charge in [-0.05, 0) is 44.1 Å². The van der Waals surface area contributed by atoms with Crippen molar-refractivity contribution in [3.8, 4) is 17.2 Å². The van der Waals surface area contributed by atoms with Crippen LogP contribution in [0.4, 0.5) is 11.5 Å². The molecule has 3 N–H and O–H groups in total. The minimum absolute atomic E-state index is 0.123. The molecular formula is C20H20Cl2N4O3. The van der Waals surface area contributed by atoms with Crippen LogP contribution in [0.15, 0.2) is 30.6 Å². The van der Waals surface area contributed by atoms with Crippen LogP contribution in [0.3, 0.4) is 0 Å². The Morgan fingerprint density at radius 1 is 1.07 bits per heavy atom. The molecule has 0 spiro atoms. The molecule has 9 heteroatoms. The molecule has 4 rings (SSSR count). The Balaban J connectivity index is 1.71. The van der Waals surface area contributed by atoms with Crippen molar-refractivity contribution in [2.24, 2.45) is 0 Å². The zero-order valence-electron chi connectivity index (χ0n) is 15.7. The zero-order chi connectivity index (χ0) is 20.4. The van der Waals surface area contributed by atoms with Crippen molar-refractivity contribution >= 4 is 45.6 Å². The number of methoxy groups -OCH3 is 1. The summed E-state index contributed by atoms with van der Waals surface area (Å²) in [7, 11) is 1.61. The number of anilines is 2. The summed E-state index contributed by atoms with van der Waals surface area (Å²) in [6.45, 7) is 1.86. The number of aromatic nitrogens is 2. The van der Waals surface area contributed by atoms with Crippen molar-refractivity contribution in [2.75, 3.05) is 25.5 Å². The molecule has 1 saturated heterocycles. The number of fused-ring (bicyclic) bond motifs is 1. The quantitative estimate of drug-likeness (QED) is 0.508. The van der Waals surface area contributed by atoms with Crippen LogP contribution in [0.25, 0.3) is 10.9 Å². The maximum atomic E-state index is 9.77. The molecule has 0 atom stereocenters. The van der Waals surface area contributed by atoms with E-state index < -0.39 is 0 Å². The molecule has 2 aromatic carbocycles. The lowest BCUT2D eigenvalue weighted by atomic mass is 10.1. The van der Waals surface area contributed by atoms with E-state index in [-0.39, 0.29) is 21.9 Å². The molecule has 1 aromatic heterocycles. The predicted molar refractivity (Wildman–Crippen MR) is 114 cm³/mol. The monoisotopic (exact) mass is 434 g/mol. The molecule has 0 unspecified atom stereocenters. The molecular weight excluding hydrogens is 415 g/mol. The molecule has 1 aliphatic heterocycles. The van der Waals surface area contributed by atoms with Gasteiger partial charge in [-0.2, -0.15) is 0 Å². The third kappa shape index (κ3) is 4.27. The largest absolute Gasteiger partial charge is 0.505 e. The van der Waals surface area contributed by atoms with Crippen LogP contribution in [0, 0.1) is 0 Å². The number of halogens is 2. The van der Waals surface area contributed by atoms with Crippen LogP contribution in [-0.4, -0.2) is 41.4 Å². The van der Waals surface area contributed by atoms with E-state index in [1.807, 2.05) is 12.1 Å². The van der Waals surface area contributed by atoms with Crippen molar-refractivity contribution in [1.29, 1.82) is 0 Å². The minimum atomic E-state index is -0.158. The highest BCUT2D eigenvalue weighted by atomic mass is 35.5. The van der Waals surface area contributed by atoms with E-state index in [0.29, 0.717) is 28.5 Å². The SMILES string of the molecule is COc1cc2ncnc(Nc3cc(Cl)c(O)c(Cl)c3)c2cc1OC1CCNCC1. The Morgan fingerprint density at radius 3 is 2.48 bits per heavy atom. The number of phenolic OH excluding ortho intramolecular Hbond substituents is 1. The number of hydrogen-bond acceptors (Lipinski definition) is 7. The van der Waals surface area contributed by atoms with Gasteiger partial charge in [-0.15, -0.1) is 0 Å². The smallest absolute Gasteiger partial charge is 0.162 e. The maximum Gasteiger partial charge on any atom is 0.162 e. The van der Waals surface area contributed by atoms with E-state index >= 15 is 0 Å². The highest BCUT2D eigenvalue weighted by Gasteiger charge is 2.19. The first-order valence-corrected chi connectivity index (χ1v) is 9.96. The van der Waals surface area contributed by atoms with Gasteiger partial charge in [0.15, 0.2) is 17.2 Å². The zero-order valence-corrected chi connectivity index (χ0v) is 17.2. The van der Waals surface area contributed by atoms with Crippen LogP contribution in [0.2, 0.25) is 10.0 Å². The van der Waals surface area contributed by atoms with Crippen molar-refractivity contribution in [2.45, 2.75) is 18.9 Å².